The maximum absolute atomic E-state index is 12.2. The van der Waals surface area contributed by atoms with Crippen LogP contribution in [0.1, 0.15) is 25.3 Å². The molecule has 0 saturated carbocycles. The van der Waals surface area contributed by atoms with Crippen LogP contribution in [0.25, 0.3) is 22.1 Å². The molecule has 0 aliphatic carbocycles. The van der Waals surface area contributed by atoms with Crippen LogP contribution in [-0.2, 0) is 6.54 Å². The summed E-state index contributed by atoms with van der Waals surface area (Å²) in [6.45, 7) is 4.85. The largest absolute Gasteiger partial charge is 0.507 e. The number of phenolic OH excluding ortho intramolecular Hbond substituents is 1. The Balaban J connectivity index is 1.84. The molecule has 1 unspecified atom stereocenters. The summed E-state index contributed by atoms with van der Waals surface area (Å²) in [5.74, 6) is 0.830. The Bertz CT molecular complexity index is 978. The summed E-state index contributed by atoms with van der Waals surface area (Å²) in [6.07, 6.45) is 2.40. The number of nitrogens with zero attached hydrogens (tertiary/aromatic N) is 1. The van der Waals surface area contributed by atoms with Crippen molar-refractivity contribution in [3.8, 4) is 16.9 Å². The minimum absolute atomic E-state index is 0.184. The molecular weight excluding hydrogens is 326 g/mol. The Hall–Kier alpha value is -2.59. The molecule has 4 rings (SSSR count). The third-order valence-corrected chi connectivity index (χ3v) is 5.20. The number of rotatable bonds is 3. The molecule has 4 heteroatoms. The molecule has 1 aliphatic heterocycles. The summed E-state index contributed by atoms with van der Waals surface area (Å²) in [5.41, 5.74) is 2.61. The monoisotopic (exact) mass is 349 g/mol. The van der Waals surface area contributed by atoms with Crippen molar-refractivity contribution in [3.63, 3.8) is 0 Å². The van der Waals surface area contributed by atoms with E-state index in [-0.39, 0.29) is 5.75 Å². The molecule has 1 saturated heterocycles. The van der Waals surface area contributed by atoms with Crippen LogP contribution < -0.4 is 5.63 Å². The molecule has 26 heavy (non-hydrogen) atoms. The van der Waals surface area contributed by atoms with E-state index in [1.807, 2.05) is 36.4 Å². The molecule has 134 valence electrons. The van der Waals surface area contributed by atoms with E-state index in [2.05, 4.69) is 11.8 Å². The van der Waals surface area contributed by atoms with Crippen molar-refractivity contribution in [1.82, 2.24) is 4.90 Å². The number of aromatic hydroxyl groups is 1. The highest BCUT2D eigenvalue weighted by Crippen LogP contribution is 2.34. The molecule has 1 N–H and O–H groups in total. The van der Waals surface area contributed by atoms with E-state index >= 15 is 0 Å². The topological polar surface area (TPSA) is 53.7 Å². The van der Waals surface area contributed by atoms with Crippen molar-refractivity contribution in [1.29, 1.82) is 0 Å². The van der Waals surface area contributed by atoms with E-state index in [9.17, 15) is 9.90 Å². The molecule has 4 nitrogen and oxygen atoms in total. The van der Waals surface area contributed by atoms with Gasteiger partial charge in [-0.1, -0.05) is 37.3 Å². The van der Waals surface area contributed by atoms with E-state index in [1.165, 1.54) is 12.5 Å². The fourth-order valence-corrected chi connectivity index (χ4v) is 3.94. The van der Waals surface area contributed by atoms with Gasteiger partial charge in [0.1, 0.15) is 11.3 Å². The number of hydrogen-bond acceptors (Lipinski definition) is 4. The zero-order valence-electron chi connectivity index (χ0n) is 14.9. The molecule has 1 aliphatic rings. The Morgan fingerprint density at radius 2 is 2.00 bits per heavy atom. The van der Waals surface area contributed by atoms with Gasteiger partial charge < -0.3 is 9.52 Å². The first-order chi connectivity index (χ1) is 12.6. The van der Waals surface area contributed by atoms with Gasteiger partial charge in [0.15, 0.2) is 0 Å². The van der Waals surface area contributed by atoms with Gasteiger partial charge in [-0.25, -0.2) is 4.79 Å². The Morgan fingerprint density at radius 1 is 1.19 bits per heavy atom. The van der Waals surface area contributed by atoms with Crippen molar-refractivity contribution in [2.24, 2.45) is 5.92 Å². The fraction of sp³-hybridized carbons (Fsp3) is 0.318. The number of likely N-dealkylation sites (tertiary alicyclic amines) is 1. The summed E-state index contributed by atoms with van der Waals surface area (Å²) < 4.78 is 5.56. The molecule has 2 aromatic carbocycles. The van der Waals surface area contributed by atoms with Crippen molar-refractivity contribution in [2.45, 2.75) is 26.3 Å². The summed E-state index contributed by atoms with van der Waals surface area (Å²) >= 11 is 0. The van der Waals surface area contributed by atoms with Crippen LogP contribution in [0.15, 0.2) is 57.7 Å². The second-order valence-electron chi connectivity index (χ2n) is 7.27. The van der Waals surface area contributed by atoms with Crippen LogP contribution in [0.3, 0.4) is 0 Å². The van der Waals surface area contributed by atoms with E-state index in [4.69, 9.17) is 4.42 Å². The minimum Gasteiger partial charge on any atom is -0.507 e. The smallest absolute Gasteiger partial charge is 0.336 e. The highest BCUT2D eigenvalue weighted by molar-refractivity contribution is 5.95. The number of hydrogen-bond donors (Lipinski definition) is 1. The lowest BCUT2D eigenvalue weighted by Gasteiger charge is -2.31. The van der Waals surface area contributed by atoms with Gasteiger partial charge in [-0.15, -0.1) is 0 Å². The molecule has 0 amide bonds. The van der Waals surface area contributed by atoms with Crippen LogP contribution in [0, 0.1) is 5.92 Å². The van der Waals surface area contributed by atoms with E-state index in [0.29, 0.717) is 23.6 Å². The van der Waals surface area contributed by atoms with Crippen LogP contribution in [0.4, 0.5) is 0 Å². The second-order valence-corrected chi connectivity index (χ2v) is 7.27. The molecular formula is C22H23NO3. The van der Waals surface area contributed by atoms with Gasteiger partial charge in [0.2, 0.25) is 0 Å². The third kappa shape index (κ3) is 3.25. The summed E-state index contributed by atoms with van der Waals surface area (Å²) in [5, 5.41) is 11.3. The van der Waals surface area contributed by atoms with Crippen molar-refractivity contribution < 1.29 is 9.52 Å². The minimum atomic E-state index is -0.393. The van der Waals surface area contributed by atoms with Gasteiger partial charge in [0.05, 0.1) is 5.56 Å². The lowest BCUT2D eigenvalue weighted by Crippen LogP contribution is -2.33. The Kier molecular flexibility index (Phi) is 4.51. The first-order valence-electron chi connectivity index (χ1n) is 9.18. The standard InChI is InChI=1S/C22H23NO3/c1-15-6-5-11-23(13-15)14-19-20(24)10-9-17-18(12-21(25)26-22(17)19)16-7-3-2-4-8-16/h2-4,7-10,12,15,24H,5-6,11,13-14H2,1H3. The lowest BCUT2D eigenvalue weighted by molar-refractivity contribution is 0.175. The zero-order valence-corrected chi connectivity index (χ0v) is 14.9. The predicted molar refractivity (Wildman–Crippen MR) is 103 cm³/mol. The molecule has 0 radical (unpaired) electrons. The van der Waals surface area contributed by atoms with Crippen molar-refractivity contribution >= 4 is 11.0 Å². The highest BCUT2D eigenvalue weighted by atomic mass is 16.4. The van der Waals surface area contributed by atoms with Crippen LogP contribution in [0.2, 0.25) is 0 Å². The second kappa shape index (κ2) is 6.96. The Morgan fingerprint density at radius 3 is 2.77 bits per heavy atom. The van der Waals surface area contributed by atoms with Crippen LogP contribution in [-0.4, -0.2) is 23.1 Å². The first-order valence-corrected chi connectivity index (χ1v) is 9.18. The molecule has 0 spiro atoms. The van der Waals surface area contributed by atoms with E-state index in [1.54, 1.807) is 6.07 Å². The summed E-state index contributed by atoms with van der Waals surface area (Å²) in [7, 11) is 0. The molecule has 2 heterocycles. The summed E-state index contributed by atoms with van der Waals surface area (Å²) in [4.78, 5) is 14.6. The van der Waals surface area contributed by atoms with Gasteiger partial charge >= 0.3 is 5.63 Å². The third-order valence-electron chi connectivity index (χ3n) is 5.20. The van der Waals surface area contributed by atoms with Gasteiger partial charge in [0.25, 0.3) is 0 Å². The van der Waals surface area contributed by atoms with E-state index < -0.39 is 5.63 Å². The quantitative estimate of drug-likeness (QED) is 0.712. The van der Waals surface area contributed by atoms with Gasteiger partial charge in [-0.2, -0.15) is 0 Å². The molecule has 1 aromatic heterocycles. The first kappa shape index (κ1) is 16.9. The lowest BCUT2D eigenvalue weighted by atomic mass is 9.97. The SMILES string of the molecule is CC1CCCN(Cc2c(O)ccc3c(-c4ccccc4)cc(=O)oc23)C1. The number of piperidine rings is 1. The zero-order chi connectivity index (χ0) is 18.1. The highest BCUT2D eigenvalue weighted by Gasteiger charge is 2.21. The van der Waals surface area contributed by atoms with Gasteiger partial charge in [0, 0.05) is 24.5 Å². The predicted octanol–water partition coefficient (Wildman–Crippen LogP) is 4.40. The molecule has 3 aromatic rings. The van der Waals surface area contributed by atoms with E-state index in [0.717, 1.165) is 36.0 Å². The molecule has 1 atom stereocenters. The van der Waals surface area contributed by atoms with Crippen LogP contribution in [0.5, 0.6) is 5.75 Å². The van der Waals surface area contributed by atoms with Crippen molar-refractivity contribution in [2.75, 3.05) is 13.1 Å². The average Bonchev–Trinajstić information content (AvgIpc) is 2.64. The fourth-order valence-electron chi connectivity index (χ4n) is 3.94. The van der Waals surface area contributed by atoms with Crippen LogP contribution >= 0.6 is 0 Å². The van der Waals surface area contributed by atoms with Gasteiger partial charge in [-0.05, 0) is 48.6 Å². The number of phenols is 1. The van der Waals surface area contributed by atoms with Crippen molar-refractivity contribution in [3.05, 3.63) is 64.5 Å². The number of benzene rings is 2. The molecule has 1 fully saturated rings. The number of fused-ring (bicyclic) bond motifs is 1. The average molecular weight is 349 g/mol. The summed E-state index contributed by atoms with van der Waals surface area (Å²) in [6, 6.07) is 14.9. The molecule has 0 bridgehead atoms. The maximum atomic E-state index is 12.2. The van der Waals surface area contributed by atoms with Gasteiger partial charge in [-0.3, -0.25) is 4.90 Å². The Labute approximate surface area is 152 Å². The normalized spacial score (nSPS) is 18.3. The maximum Gasteiger partial charge on any atom is 0.336 e.